The molecule has 2 fully saturated rings. The third kappa shape index (κ3) is 8.63. The van der Waals surface area contributed by atoms with E-state index in [0.29, 0.717) is 39.5 Å². The molecule has 34 heavy (non-hydrogen) atoms. The fourth-order valence-corrected chi connectivity index (χ4v) is 5.06. The third-order valence-electron chi connectivity index (χ3n) is 5.93. The SMILES string of the molecule is Cc1sc[n+](CC(=O)N2CCOCC2)c1C.Cc1sc[n+](CC(=O)N2CCOCC2)c1C.[Br-].[Br-]. The molecular weight excluding hydrogens is 608 g/mol. The molecule has 0 saturated carbocycles. The van der Waals surface area contributed by atoms with E-state index in [2.05, 4.69) is 27.7 Å². The lowest BCUT2D eigenvalue weighted by molar-refractivity contribution is -0.686. The van der Waals surface area contributed by atoms with Crippen LogP contribution < -0.4 is 43.1 Å². The molecule has 8 nitrogen and oxygen atoms in total. The lowest BCUT2D eigenvalue weighted by Crippen LogP contribution is -3.00. The Kier molecular flexibility index (Phi) is 14.0. The summed E-state index contributed by atoms with van der Waals surface area (Å²) in [6.45, 7) is 14.7. The predicted octanol–water partition coefficient (Wildman–Crippen LogP) is -4.97. The molecule has 4 rings (SSSR count). The van der Waals surface area contributed by atoms with Gasteiger partial charge in [-0.2, -0.15) is 9.13 Å². The first-order valence-corrected chi connectivity index (χ1v) is 12.7. The van der Waals surface area contributed by atoms with Gasteiger partial charge in [0, 0.05) is 40.0 Å². The lowest BCUT2D eigenvalue weighted by Gasteiger charge is -2.25. The summed E-state index contributed by atoms with van der Waals surface area (Å²) < 4.78 is 14.5. The van der Waals surface area contributed by atoms with Crippen LogP contribution in [0.15, 0.2) is 11.0 Å². The first-order chi connectivity index (χ1) is 15.4. The maximum Gasteiger partial charge on any atom is 0.288 e. The number of morpholine rings is 2. The summed E-state index contributed by atoms with van der Waals surface area (Å²) in [4.78, 5) is 30.3. The van der Waals surface area contributed by atoms with Crippen LogP contribution in [0.25, 0.3) is 0 Å². The van der Waals surface area contributed by atoms with E-state index in [1.807, 2.05) is 30.0 Å². The second-order valence-electron chi connectivity index (χ2n) is 7.97. The average Bonchev–Trinajstić information content (AvgIpc) is 3.31. The molecule has 4 heterocycles. The molecular formula is C22H34Br2N4O4S2. The summed E-state index contributed by atoms with van der Waals surface area (Å²) in [5.74, 6) is 0.378. The van der Waals surface area contributed by atoms with Crippen molar-refractivity contribution in [3.05, 3.63) is 32.2 Å². The molecule has 2 saturated heterocycles. The number of rotatable bonds is 4. The van der Waals surface area contributed by atoms with Crippen LogP contribution in [-0.4, -0.2) is 74.2 Å². The molecule has 0 bridgehead atoms. The van der Waals surface area contributed by atoms with Gasteiger partial charge in [0.05, 0.1) is 36.2 Å². The quantitative estimate of drug-likeness (QED) is 0.314. The Bertz CT molecular complexity index is 852. The molecule has 192 valence electrons. The van der Waals surface area contributed by atoms with Gasteiger partial charge >= 0.3 is 0 Å². The van der Waals surface area contributed by atoms with Gasteiger partial charge in [-0.05, 0) is 13.8 Å². The van der Waals surface area contributed by atoms with Gasteiger partial charge in [-0.3, -0.25) is 9.59 Å². The van der Waals surface area contributed by atoms with Crippen LogP contribution in [0.2, 0.25) is 0 Å². The average molecular weight is 642 g/mol. The molecule has 0 spiro atoms. The first-order valence-electron chi connectivity index (χ1n) is 11.0. The molecule has 0 aliphatic carbocycles. The molecule has 2 aromatic heterocycles. The zero-order valence-electron chi connectivity index (χ0n) is 20.2. The number of carbonyl (C=O) groups is 2. The smallest absolute Gasteiger partial charge is 0.288 e. The summed E-state index contributed by atoms with van der Waals surface area (Å²) >= 11 is 3.37. The lowest BCUT2D eigenvalue weighted by atomic mass is 10.3. The Morgan fingerprint density at radius 1 is 0.735 bits per heavy atom. The molecule has 2 aliphatic heterocycles. The van der Waals surface area contributed by atoms with Gasteiger partial charge in [-0.25, -0.2) is 0 Å². The first kappa shape index (κ1) is 31.1. The molecule has 0 atom stereocenters. The van der Waals surface area contributed by atoms with Crippen molar-refractivity contribution in [1.82, 2.24) is 9.80 Å². The van der Waals surface area contributed by atoms with Gasteiger partial charge in [0.2, 0.25) is 24.1 Å². The van der Waals surface area contributed by atoms with Gasteiger partial charge in [-0.1, -0.05) is 22.7 Å². The second-order valence-corrected chi connectivity index (χ2v) is 10.1. The number of ether oxygens (including phenoxy) is 2. The van der Waals surface area contributed by atoms with Crippen molar-refractivity contribution in [3.63, 3.8) is 0 Å². The fourth-order valence-electron chi connectivity index (χ4n) is 3.45. The van der Waals surface area contributed by atoms with E-state index in [1.54, 1.807) is 22.7 Å². The highest BCUT2D eigenvalue weighted by atomic mass is 79.9. The summed E-state index contributed by atoms with van der Waals surface area (Å²) in [6, 6.07) is 0. The van der Waals surface area contributed by atoms with Gasteiger partial charge in [0.15, 0.2) is 11.4 Å². The minimum absolute atomic E-state index is 0. The normalized spacial score (nSPS) is 15.5. The van der Waals surface area contributed by atoms with Gasteiger partial charge in [0.25, 0.3) is 11.8 Å². The maximum absolute atomic E-state index is 12.0. The molecule has 0 N–H and O–H groups in total. The van der Waals surface area contributed by atoms with E-state index in [1.165, 1.54) is 21.1 Å². The van der Waals surface area contributed by atoms with Crippen LogP contribution in [0.4, 0.5) is 0 Å². The summed E-state index contributed by atoms with van der Waals surface area (Å²) in [6.07, 6.45) is 0. The minimum atomic E-state index is 0. The highest BCUT2D eigenvalue weighted by molar-refractivity contribution is 7.09. The van der Waals surface area contributed by atoms with Gasteiger partial charge in [-0.15, -0.1) is 0 Å². The molecule has 0 unspecified atom stereocenters. The molecule has 0 radical (unpaired) electrons. The van der Waals surface area contributed by atoms with E-state index in [0.717, 1.165) is 26.2 Å². The minimum Gasteiger partial charge on any atom is -1.00 e. The van der Waals surface area contributed by atoms with Crippen LogP contribution in [0, 0.1) is 27.7 Å². The summed E-state index contributed by atoms with van der Waals surface area (Å²) in [7, 11) is 0. The number of aryl methyl sites for hydroxylation is 2. The van der Waals surface area contributed by atoms with Crippen molar-refractivity contribution in [2.75, 3.05) is 52.6 Å². The topological polar surface area (TPSA) is 66.8 Å². The zero-order chi connectivity index (χ0) is 23.1. The Morgan fingerprint density at radius 2 is 1.06 bits per heavy atom. The van der Waals surface area contributed by atoms with E-state index in [-0.39, 0.29) is 45.8 Å². The number of hydrogen-bond acceptors (Lipinski definition) is 6. The van der Waals surface area contributed by atoms with Crippen LogP contribution in [-0.2, 0) is 32.2 Å². The predicted molar refractivity (Wildman–Crippen MR) is 123 cm³/mol. The van der Waals surface area contributed by atoms with Crippen molar-refractivity contribution in [2.24, 2.45) is 0 Å². The molecule has 0 aromatic carbocycles. The fraction of sp³-hybridized carbons (Fsp3) is 0.636. The van der Waals surface area contributed by atoms with Crippen molar-refractivity contribution >= 4 is 34.5 Å². The largest absolute Gasteiger partial charge is 1.00 e. The maximum atomic E-state index is 12.0. The number of thiazole rings is 2. The Hall–Kier alpha value is -0.920. The van der Waals surface area contributed by atoms with Crippen molar-refractivity contribution in [2.45, 2.75) is 40.8 Å². The molecule has 2 aliphatic rings. The zero-order valence-corrected chi connectivity index (χ0v) is 25.0. The molecule has 2 aromatic rings. The number of carbonyl (C=O) groups excluding carboxylic acids is 2. The Labute approximate surface area is 231 Å². The van der Waals surface area contributed by atoms with E-state index < -0.39 is 0 Å². The van der Waals surface area contributed by atoms with E-state index >= 15 is 0 Å². The van der Waals surface area contributed by atoms with Crippen LogP contribution in [0.3, 0.4) is 0 Å². The number of hydrogen-bond donors (Lipinski definition) is 0. The number of nitrogens with zero attached hydrogens (tertiary/aromatic N) is 4. The third-order valence-corrected chi connectivity index (χ3v) is 7.95. The standard InChI is InChI=1S/2C11H17N2O2S.2BrH/c2*1-9-10(2)16-8-13(9)7-11(14)12-3-5-15-6-4-12;;/h2*8H,3-7H2,1-2H3;2*1H/q2*+1;;/p-2. The highest BCUT2D eigenvalue weighted by Gasteiger charge is 2.24. The van der Waals surface area contributed by atoms with Crippen LogP contribution in [0.5, 0.6) is 0 Å². The Morgan fingerprint density at radius 3 is 1.32 bits per heavy atom. The van der Waals surface area contributed by atoms with Crippen molar-refractivity contribution in [1.29, 1.82) is 0 Å². The summed E-state index contributed by atoms with van der Waals surface area (Å²) in [5.41, 5.74) is 6.41. The summed E-state index contributed by atoms with van der Waals surface area (Å²) in [5, 5.41) is 0. The number of aromatic nitrogens is 2. The van der Waals surface area contributed by atoms with Crippen molar-refractivity contribution < 1.29 is 62.2 Å². The van der Waals surface area contributed by atoms with E-state index in [4.69, 9.17) is 9.47 Å². The van der Waals surface area contributed by atoms with Gasteiger partial charge in [0.1, 0.15) is 0 Å². The Balaban J connectivity index is 0.000000321. The molecule has 12 heteroatoms. The van der Waals surface area contributed by atoms with Crippen molar-refractivity contribution in [3.8, 4) is 0 Å². The molecule has 2 amide bonds. The van der Waals surface area contributed by atoms with E-state index in [9.17, 15) is 9.59 Å². The second kappa shape index (κ2) is 15.2. The van der Waals surface area contributed by atoms with Crippen LogP contribution in [0.1, 0.15) is 21.1 Å². The van der Waals surface area contributed by atoms with Gasteiger partial charge < -0.3 is 53.2 Å². The van der Waals surface area contributed by atoms with Crippen LogP contribution >= 0.6 is 22.7 Å². The highest BCUT2D eigenvalue weighted by Crippen LogP contribution is 2.09. The number of halogens is 2. The number of amides is 2. The monoisotopic (exact) mass is 640 g/mol.